The second-order valence-corrected chi connectivity index (χ2v) is 14.5. The fraction of sp³-hybridized carbons (Fsp3) is 0.786. The summed E-state index contributed by atoms with van der Waals surface area (Å²) >= 11 is 6.45. The third kappa shape index (κ3) is 2.32. The van der Waals surface area contributed by atoms with Crippen molar-refractivity contribution in [3.05, 3.63) is 28.8 Å². The molecule has 8 aliphatic carbocycles. The summed E-state index contributed by atoms with van der Waals surface area (Å²) in [5, 5.41) is 10.6. The summed E-state index contributed by atoms with van der Waals surface area (Å²) in [5.41, 5.74) is 4.00. The summed E-state index contributed by atoms with van der Waals surface area (Å²) in [6.45, 7) is 5.28. The fourth-order valence-electron chi connectivity index (χ4n) is 12.0. The summed E-state index contributed by atoms with van der Waals surface area (Å²) < 4.78 is 0. The number of hydrogen-bond acceptors (Lipinski definition) is 1. The Hall–Kier alpha value is -0.690. The van der Waals surface area contributed by atoms with Crippen LogP contribution in [-0.4, -0.2) is 5.11 Å². The van der Waals surface area contributed by atoms with Gasteiger partial charge in [0.05, 0.1) is 5.02 Å². The highest BCUT2D eigenvalue weighted by atomic mass is 35.5. The van der Waals surface area contributed by atoms with Crippen LogP contribution in [0.1, 0.15) is 96.5 Å². The van der Waals surface area contributed by atoms with Gasteiger partial charge in [0, 0.05) is 0 Å². The average molecular weight is 425 g/mol. The predicted octanol–water partition coefficient (Wildman–Crippen LogP) is 7.88. The molecule has 0 spiro atoms. The lowest BCUT2D eigenvalue weighted by Crippen LogP contribution is -2.66. The van der Waals surface area contributed by atoms with Crippen molar-refractivity contribution in [2.75, 3.05) is 0 Å². The maximum atomic E-state index is 10.1. The number of benzene rings is 1. The van der Waals surface area contributed by atoms with Gasteiger partial charge in [0.2, 0.25) is 0 Å². The topological polar surface area (TPSA) is 20.2 Å². The van der Waals surface area contributed by atoms with E-state index in [-0.39, 0.29) is 11.2 Å². The fourth-order valence-corrected chi connectivity index (χ4v) is 12.2. The van der Waals surface area contributed by atoms with Gasteiger partial charge in [0.25, 0.3) is 0 Å². The van der Waals surface area contributed by atoms with Crippen LogP contribution in [0.3, 0.4) is 0 Å². The van der Waals surface area contributed by atoms with Crippen molar-refractivity contribution in [2.45, 2.75) is 96.3 Å². The van der Waals surface area contributed by atoms with E-state index in [1.807, 2.05) is 6.07 Å². The molecule has 30 heavy (non-hydrogen) atoms. The molecule has 1 nitrogen and oxygen atoms in total. The van der Waals surface area contributed by atoms with Gasteiger partial charge in [-0.3, -0.25) is 0 Å². The van der Waals surface area contributed by atoms with Gasteiger partial charge in [-0.2, -0.15) is 0 Å². The minimum atomic E-state index is 0.236. The first-order chi connectivity index (χ1) is 14.1. The number of phenolic OH excluding ortho intramolecular Hbond substituents is 1. The SMILES string of the molecule is CC12CC3CC(C1)CC(C14CC5CC(C)(CC(c6ccc(O)c(Cl)c6)(C5)C1)C4)(C3)C2. The third-order valence-corrected chi connectivity index (χ3v) is 11.7. The monoisotopic (exact) mass is 424 g/mol. The lowest BCUT2D eigenvalue weighted by molar-refractivity contribution is -0.239. The molecule has 0 aliphatic heterocycles. The smallest absolute Gasteiger partial charge is 0.134 e. The molecule has 0 heterocycles. The molecule has 6 atom stereocenters. The van der Waals surface area contributed by atoms with Crippen LogP contribution < -0.4 is 0 Å². The van der Waals surface area contributed by atoms with E-state index in [4.69, 9.17) is 11.6 Å². The van der Waals surface area contributed by atoms with Gasteiger partial charge >= 0.3 is 0 Å². The van der Waals surface area contributed by atoms with Gasteiger partial charge in [0.15, 0.2) is 0 Å². The summed E-state index contributed by atoms with van der Waals surface area (Å²) in [5.74, 6) is 3.15. The number of phenols is 1. The van der Waals surface area contributed by atoms with Crippen LogP contribution in [-0.2, 0) is 5.41 Å². The van der Waals surface area contributed by atoms with Crippen LogP contribution >= 0.6 is 11.6 Å². The molecule has 0 radical (unpaired) electrons. The molecule has 1 aromatic rings. The highest BCUT2D eigenvalue weighted by molar-refractivity contribution is 6.32. The second kappa shape index (κ2) is 5.44. The quantitative estimate of drug-likeness (QED) is 0.511. The van der Waals surface area contributed by atoms with E-state index >= 15 is 0 Å². The van der Waals surface area contributed by atoms with Crippen LogP contribution in [0.15, 0.2) is 18.2 Å². The van der Waals surface area contributed by atoms with Gasteiger partial charge in [-0.05, 0) is 140 Å². The average Bonchev–Trinajstić information content (AvgIpc) is 2.60. The van der Waals surface area contributed by atoms with Crippen LogP contribution in [0.25, 0.3) is 0 Å². The van der Waals surface area contributed by atoms with Crippen molar-refractivity contribution >= 4 is 11.6 Å². The highest BCUT2D eigenvalue weighted by Gasteiger charge is 2.71. The van der Waals surface area contributed by atoms with Crippen molar-refractivity contribution in [3.63, 3.8) is 0 Å². The second-order valence-electron chi connectivity index (χ2n) is 14.1. The lowest BCUT2D eigenvalue weighted by Gasteiger charge is -2.75. The van der Waals surface area contributed by atoms with Crippen molar-refractivity contribution in [2.24, 2.45) is 39.4 Å². The lowest BCUT2D eigenvalue weighted by atomic mass is 9.29. The maximum absolute atomic E-state index is 10.1. The Labute approximate surface area is 187 Å². The molecule has 1 N–H and O–H groups in total. The molecule has 1 aromatic carbocycles. The Morgan fingerprint density at radius 3 is 2.10 bits per heavy atom. The standard InChI is InChI=1S/C28H37ClO/c1-24-7-18-5-19(8-24)12-27(11-18,15-24)28-13-20-9-25(2,16-28)14-26(10-20,17-28)21-3-4-23(30)22(29)6-21/h3-4,6,18-20,30H,5,7-17H2,1-2H3. The number of halogens is 1. The zero-order valence-corrected chi connectivity index (χ0v) is 19.5. The Kier molecular flexibility index (Phi) is 3.42. The van der Waals surface area contributed by atoms with E-state index in [0.29, 0.717) is 26.7 Å². The molecule has 0 amide bonds. The van der Waals surface area contributed by atoms with E-state index in [1.165, 1.54) is 82.6 Å². The molecular weight excluding hydrogens is 388 g/mol. The first-order valence-corrected chi connectivity index (χ1v) is 13.0. The number of rotatable bonds is 2. The van der Waals surface area contributed by atoms with Gasteiger partial charge in [-0.25, -0.2) is 0 Å². The molecule has 2 heteroatoms. The summed E-state index contributed by atoms with van der Waals surface area (Å²) in [6.07, 6.45) is 17.7. The van der Waals surface area contributed by atoms with Crippen molar-refractivity contribution in [3.8, 4) is 5.75 Å². The molecule has 8 saturated carbocycles. The molecule has 0 aromatic heterocycles. The molecule has 8 aliphatic rings. The van der Waals surface area contributed by atoms with Crippen LogP contribution in [0.2, 0.25) is 5.02 Å². The third-order valence-electron chi connectivity index (χ3n) is 11.4. The van der Waals surface area contributed by atoms with E-state index in [2.05, 4.69) is 26.0 Å². The Bertz CT molecular complexity index is 923. The Morgan fingerprint density at radius 2 is 1.43 bits per heavy atom. The summed E-state index contributed by atoms with van der Waals surface area (Å²) in [4.78, 5) is 0. The first kappa shape index (κ1) is 18.8. The van der Waals surface area contributed by atoms with Crippen LogP contribution in [0, 0.1) is 39.4 Å². The van der Waals surface area contributed by atoms with Crippen LogP contribution in [0.4, 0.5) is 0 Å². The van der Waals surface area contributed by atoms with E-state index in [0.717, 1.165) is 17.8 Å². The van der Waals surface area contributed by atoms with Gasteiger partial charge < -0.3 is 5.11 Å². The zero-order chi connectivity index (χ0) is 20.6. The molecule has 8 fully saturated rings. The largest absolute Gasteiger partial charge is 0.506 e. The van der Waals surface area contributed by atoms with Crippen molar-refractivity contribution < 1.29 is 5.11 Å². The molecular formula is C28H37ClO. The minimum absolute atomic E-state index is 0.236. The Balaban J connectivity index is 1.37. The molecule has 8 bridgehead atoms. The minimum Gasteiger partial charge on any atom is -0.506 e. The molecule has 9 rings (SSSR count). The van der Waals surface area contributed by atoms with Gasteiger partial charge in [-0.1, -0.05) is 31.5 Å². The predicted molar refractivity (Wildman–Crippen MR) is 122 cm³/mol. The van der Waals surface area contributed by atoms with Crippen molar-refractivity contribution in [1.82, 2.24) is 0 Å². The molecule has 162 valence electrons. The molecule has 6 unspecified atom stereocenters. The normalized spacial score (nSPS) is 55.4. The number of aromatic hydroxyl groups is 1. The maximum Gasteiger partial charge on any atom is 0.134 e. The zero-order valence-electron chi connectivity index (χ0n) is 18.8. The van der Waals surface area contributed by atoms with E-state index in [9.17, 15) is 5.11 Å². The number of hydrogen-bond donors (Lipinski definition) is 1. The first-order valence-electron chi connectivity index (χ1n) is 12.6. The van der Waals surface area contributed by atoms with Crippen LogP contribution in [0.5, 0.6) is 5.75 Å². The molecule has 0 saturated heterocycles. The highest BCUT2D eigenvalue weighted by Crippen LogP contribution is 2.80. The van der Waals surface area contributed by atoms with Gasteiger partial charge in [-0.15, -0.1) is 0 Å². The Morgan fingerprint density at radius 1 is 0.767 bits per heavy atom. The summed E-state index contributed by atoms with van der Waals surface area (Å²) in [7, 11) is 0. The van der Waals surface area contributed by atoms with E-state index in [1.54, 1.807) is 0 Å². The van der Waals surface area contributed by atoms with E-state index < -0.39 is 0 Å². The van der Waals surface area contributed by atoms with Crippen molar-refractivity contribution in [1.29, 1.82) is 0 Å². The van der Waals surface area contributed by atoms with Gasteiger partial charge in [0.1, 0.15) is 5.75 Å². The summed E-state index contributed by atoms with van der Waals surface area (Å²) in [6, 6.07) is 6.20.